The lowest BCUT2D eigenvalue weighted by Crippen LogP contribution is -2.04. The van der Waals surface area contributed by atoms with Crippen LogP contribution < -0.4 is 9.47 Å². The molecule has 0 aliphatic rings. The molecule has 1 atom stereocenters. The van der Waals surface area contributed by atoms with Gasteiger partial charge in [-0.3, -0.25) is 4.79 Å². The molecule has 0 saturated heterocycles. The predicted octanol–water partition coefficient (Wildman–Crippen LogP) is 7.06. The van der Waals surface area contributed by atoms with Crippen molar-refractivity contribution in [3.8, 4) is 34.5 Å². The summed E-state index contributed by atoms with van der Waals surface area (Å²) in [6.07, 6.45) is -0.0221. The first-order valence-corrected chi connectivity index (χ1v) is 13.0. The van der Waals surface area contributed by atoms with E-state index in [4.69, 9.17) is 19.3 Å². The molecule has 3 aromatic carbocycles. The highest BCUT2D eigenvalue weighted by Gasteiger charge is 2.14. The van der Waals surface area contributed by atoms with Crippen LogP contribution in [0.5, 0.6) is 11.5 Å². The largest absolute Gasteiger partial charge is 0.491 e. The maximum absolute atomic E-state index is 11.2. The fraction of sp³-hybridized carbons (Fsp3) is 0.258. The average molecular weight is 515 g/mol. The van der Waals surface area contributed by atoms with Gasteiger partial charge in [0, 0.05) is 22.8 Å². The van der Waals surface area contributed by atoms with Crippen LogP contribution in [0.1, 0.15) is 36.0 Å². The lowest BCUT2D eigenvalue weighted by Gasteiger charge is -2.12. The Bertz CT molecular complexity index is 1430. The number of carbonyl (C=O) groups is 1. The monoisotopic (exact) mass is 514 g/mol. The molecule has 0 aliphatic heterocycles. The van der Waals surface area contributed by atoms with E-state index >= 15 is 0 Å². The fourth-order valence-corrected chi connectivity index (χ4v) is 5.10. The van der Waals surface area contributed by atoms with Crippen molar-refractivity contribution in [3.63, 3.8) is 0 Å². The van der Waals surface area contributed by atoms with Gasteiger partial charge in [0.25, 0.3) is 0 Å². The van der Waals surface area contributed by atoms with Crippen molar-refractivity contribution >= 4 is 27.4 Å². The molecule has 0 unspecified atom stereocenters. The molecule has 0 spiro atoms. The highest BCUT2D eigenvalue weighted by molar-refractivity contribution is 7.17. The smallest absolute Gasteiger partial charge is 0.304 e. The first-order valence-electron chi connectivity index (χ1n) is 12.1. The second-order valence-corrected chi connectivity index (χ2v) is 9.61. The third-order valence-corrected chi connectivity index (χ3v) is 7.04. The van der Waals surface area contributed by atoms with E-state index in [1.807, 2.05) is 30.3 Å². The standard InChI is InChI=1S/C31H30O5S/c1-4-5-24(17-31(32)33)23-8-11-25(12-9-23)36-19-22-7-13-30-28(16-22)29(20-37-30)27-18-26(10-6-21(27)2)35-15-14-34-3/h6-13,16,18,20,24H,14-15,17,19H2,1-3H3,(H,32,33)/t24-/m0/s1. The van der Waals surface area contributed by atoms with E-state index in [1.54, 1.807) is 25.4 Å². The number of hydrogen-bond donors (Lipinski definition) is 1. The summed E-state index contributed by atoms with van der Waals surface area (Å²) in [5, 5.41) is 12.5. The number of thiophene rings is 1. The molecule has 0 amide bonds. The predicted molar refractivity (Wildman–Crippen MR) is 149 cm³/mol. The molecule has 5 nitrogen and oxygen atoms in total. The van der Waals surface area contributed by atoms with Gasteiger partial charge in [0.05, 0.1) is 18.9 Å². The molecule has 6 heteroatoms. The number of fused-ring (bicyclic) bond motifs is 1. The topological polar surface area (TPSA) is 65.0 Å². The molecule has 0 fully saturated rings. The van der Waals surface area contributed by atoms with Gasteiger partial charge in [0.2, 0.25) is 0 Å². The molecule has 0 saturated carbocycles. The number of benzene rings is 3. The van der Waals surface area contributed by atoms with Crippen LogP contribution in [0.2, 0.25) is 0 Å². The summed E-state index contributed by atoms with van der Waals surface area (Å²) in [7, 11) is 1.66. The molecule has 190 valence electrons. The summed E-state index contributed by atoms with van der Waals surface area (Å²) in [4.78, 5) is 11.2. The molecule has 37 heavy (non-hydrogen) atoms. The Morgan fingerprint density at radius 3 is 2.49 bits per heavy atom. The van der Waals surface area contributed by atoms with Gasteiger partial charge in [0.1, 0.15) is 24.7 Å². The molecule has 0 bridgehead atoms. The van der Waals surface area contributed by atoms with Crippen molar-refractivity contribution in [2.45, 2.75) is 32.8 Å². The Labute approximate surface area is 221 Å². The van der Waals surface area contributed by atoms with Gasteiger partial charge in [-0.25, -0.2) is 0 Å². The van der Waals surface area contributed by atoms with Gasteiger partial charge in [-0.1, -0.05) is 30.2 Å². The van der Waals surface area contributed by atoms with Crippen LogP contribution >= 0.6 is 11.3 Å². The lowest BCUT2D eigenvalue weighted by atomic mass is 9.96. The summed E-state index contributed by atoms with van der Waals surface area (Å²) in [6.45, 7) is 5.32. The third kappa shape index (κ3) is 6.71. The zero-order chi connectivity index (χ0) is 26.2. The van der Waals surface area contributed by atoms with E-state index in [0.717, 1.165) is 28.2 Å². The summed E-state index contributed by atoms with van der Waals surface area (Å²) < 4.78 is 18.2. The second kappa shape index (κ2) is 12.4. The summed E-state index contributed by atoms with van der Waals surface area (Å²) >= 11 is 1.73. The summed E-state index contributed by atoms with van der Waals surface area (Å²) in [5.74, 6) is 6.16. The Hall–Kier alpha value is -3.79. The molecule has 1 aromatic heterocycles. The van der Waals surface area contributed by atoms with E-state index in [9.17, 15) is 4.79 Å². The number of hydrogen-bond acceptors (Lipinski definition) is 5. The zero-order valence-corrected chi connectivity index (χ0v) is 22.1. The maximum Gasteiger partial charge on any atom is 0.304 e. The van der Waals surface area contributed by atoms with Crippen molar-refractivity contribution in [2.24, 2.45) is 0 Å². The van der Waals surface area contributed by atoms with Crippen LogP contribution in [0.4, 0.5) is 0 Å². The van der Waals surface area contributed by atoms with Crippen LogP contribution in [0.3, 0.4) is 0 Å². The molecule has 4 rings (SSSR count). The Morgan fingerprint density at radius 2 is 1.76 bits per heavy atom. The normalized spacial score (nSPS) is 11.5. The number of carboxylic acids is 1. The fourth-order valence-electron chi connectivity index (χ4n) is 4.16. The van der Waals surface area contributed by atoms with Gasteiger partial charge >= 0.3 is 5.97 Å². The quantitative estimate of drug-likeness (QED) is 0.171. The van der Waals surface area contributed by atoms with Gasteiger partial charge in [-0.2, -0.15) is 0 Å². The number of ether oxygens (including phenoxy) is 3. The average Bonchev–Trinajstić information content (AvgIpc) is 3.31. The molecule has 1 heterocycles. The molecule has 4 aromatic rings. The van der Waals surface area contributed by atoms with Crippen molar-refractivity contribution < 1.29 is 24.1 Å². The van der Waals surface area contributed by atoms with E-state index < -0.39 is 5.97 Å². The van der Waals surface area contributed by atoms with Crippen molar-refractivity contribution in [2.75, 3.05) is 20.3 Å². The van der Waals surface area contributed by atoms with Gasteiger partial charge in [-0.15, -0.1) is 17.3 Å². The van der Waals surface area contributed by atoms with Crippen LogP contribution in [0.25, 0.3) is 21.2 Å². The Kier molecular flexibility index (Phi) is 8.84. The number of methoxy groups -OCH3 is 1. The van der Waals surface area contributed by atoms with Gasteiger partial charge in [0.15, 0.2) is 0 Å². The summed E-state index contributed by atoms with van der Waals surface area (Å²) in [6, 6.07) is 20.1. The van der Waals surface area contributed by atoms with E-state index in [2.05, 4.69) is 54.5 Å². The minimum absolute atomic E-state index is 0.0221. The molecule has 0 radical (unpaired) electrons. The Balaban J connectivity index is 1.50. The second-order valence-electron chi connectivity index (χ2n) is 8.70. The van der Waals surface area contributed by atoms with Crippen LogP contribution in [0, 0.1) is 18.8 Å². The minimum atomic E-state index is -0.864. The first kappa shape index (κ1) is 26.3. The van der Waals surface area contributed by atoms with Crippen LogP contribution in [0.15, 0.2) is 66.0 Å². The van der Waals surface area contributed by atoms with Gasteiger partial charge < -0.3 is 19.3 Å². The summed E-state index contributed by atoms with van der Waals surface area (Å²) in [5.41, 5.74) is 5.47. The molecular formula is C31H30O5S. The highest BCUT2D eigenvalue weighted by Crippen LogP contribution is 2.38. The Morgan fingerprint density at radius 1 is 0.973 bits per heavy atom. The van der Waals surface area contributed by atoms with Crippen LogP contribution in [-0.4, -0.2) is 31.4 Å². The van der Waals surface area contributed by atoms with Gasteiger partial charge in [-0.05, 0) is 77.9 Å². The molecule has 0 aliphatic carbocycles. The van der Waals surface area contributed by atoms with E-state index in [-0.39, 0.29) is 12.3 Å². The maximum atomic E-state index is 11.2. The third-order valence-electron chi connectivity index (χ3n) is 6.08. The van der Waals surface area contributed by atoms with Crippen molar-refractivity contribution in [1.29, 1.82) is 0 Å². The number of carboxylic acid groups (broad SMARTS) is 1. The van der Waals surface area contributed by atoms with E-state index in [0.29, 0.717) is 19.8 Å². The SMILES string of the molecule is CC#C[C@@H](CC(=O)O)c1ccc(OCc2ccc3scc(-c4cc(OCCOC)ccc4C)c3c2)cc1. The molecule has 1 N–H and O–H groups in total. The number of aryl methyl sites for hydroxylation is 1. The number of aliphatic carboxylic acids is 1. The minimum Gasteiger partial charge on any atom is -0.491 e. The molecular weight excluding hydrogens is 484 g/mol. The van der Waals surface area contributed by atoms with Crippen molar-refractivity contribution in [1.82, 2.24) is 0 Å². The first-order chi connectivity index (χ1) is 18.0. The zero-order valence-electron chi connectivity index (χ0n) is 21.2. The number of rotatable bonds is 11. The van der Waals surface area contributed by atoms with E-state index in [1.165, 1.54) is 21.2 Å². The lowest BCUT2D eigenvalue weighted by molar-refractivity contribution is -0.137. The van der Waals surface area contributed by atoms with Crippen molar-refractivity contribution in [3.05, 3.63) is 82.7 Å². The highest BCUT2D eigenvalue weighted by atomic mass is 32.1. The van der Waals surface area contributed by atoms with Crippen LogP contribution in [-0.2, 0) is 16.1 Å².